The van der Waals surface area contributed by atoms with Crippen LogP contribution in [0.3, 0.4) is 0 Å². The molecule has 0 unspecified atom stereocenters. The number of Topliss-reactive ketones (excluding diaryl/α,β-unsaturated/α-hetero) is 1. The highest BCUT2D eigenvalue weighted by atomic mass is 16.5. The Morgan fingerprint density at radius 2 is 1.82 bits per heavy atom. The zero-order valence-electron chi connectivity index (χ0n) is 20.2. The minimum absolute atomic E-state index is 0.0126. The minimum Gasteiger partial charge on any atom is -0.489 e. The monoisotopic (exact) mass is 457 g/mol. The molecule has 1 aliphatic heterocycles. The van der Waals surface area contributed by atoms with Gasteiger partial charge in [-0.15, -0.1) is 0 Å². The second-order valence-corrected chi connectivity index (χ2v) is 11.3. The maximum absolute atomic E-state index is 13.7. The second-order valence-electron chi connectivity index (χ2n) is 11.3. The van der Waals surface area contributed by atoms with E-state index in [1.807, 2.05) is 18.2 Å². The van der Waals surface area contributed by atoms with Gasteiger partial charge in [-0.05, 0) is 84.6 Å². The Kier molecular flexibility index (Phi) is 5.50. The molecule has 2 aromatic rings. The summed E-state index contributed by atoms with van der Waals surface area (Å²) in [6.07, 6.45) is 6.90. The Bertz CT molecular complexity index is 1090. The lowest BCUT2D eigenvalue weighted by Gasteiger charge is -2.49. The molecule has 3 fully saturated rings. The zero-order chi connectivity index (χ0) is 23.3. The summed E-state index contributed by atoms with van der Waals surface area (Å²) >= 11 is 0. The van der Waals surface area contributed by atoms with E-state index in [0.29, 0.717) is 24.7 Å². The van der Waals surface area contributed by atoms with E-state index >= 15 is 0 Å². The molecule has 0 N–H and O–H groups in total. The Hall–Kier alpha value is -2.62. The number of hydrogen-bond donors (Lipinski definition) is 0. The molecule has 0 spiro atoms. The van der Waals surface area contributed by atoms with Crippen LogP contribution in [0, 0.1) is 23.2 Å². The smallest absolute Gasteiger partial charge is 0.226 e. The highest BCUT2D eigenvalue weighted by molar-refractivity contribution is 5.89. The molecule has 0 radical (unpaired) electrons. The van der Waals surface area contributed by atoms with Crippen molar-refractivity contribution < 1.29 is 14.3 Å². The summed E-state index contributed by atoms with van der Waals surface area (Å²) in [5.41, 5.74) is 3.70. The van der Waals surface area contributed by atoms with Crippen molar-refractivity contribution in [2.24, 2.45) is 23.2 Å². The van der Waals surface area contributed by atoms with E-state index in [9.17, 15) is 9.59 Å². The van der Waals surface area contributed by atoms with Crippen LogP contribution in [0.15, 0.2) is 48.5 Å². The van der Waals surface area contributed by atoms with Crippen LogP contribution >= 0.6 is 0 Å². The highest BCUT2D eigenvalue weighted by Crippen LogP contribution is 2.62. The minimum atomic E-state index is -0.0126. The lowest BCUT2D eigenvalue weighted by molar-refractivity contribution is -0.141. The first-order chi connectivity index (χ1) is 16.5. The van der Waals surface area contributed by atoms with Gasteiger partial charge in [0.25, 0.3) is 0 Å². The summed E-state index contributed by atoms with van der Waals surface area (Å²) in [5.74, 6) is 1.94. The Morgan fingerprint density at radius 3 is 2.62 bits per heavy atom. The van der Waals surface area contributed by atoms with Crippen LogP contribution in [-0.4, -0.2) is 29.7 Å². The first kappa shape index (κ1) is 21.9. The van der Waals surface area contributed by atoms with Crippen molar-refractivity contribution in [2.75, 3.05) is 13.1 Å². The van der Waals surface area contributed by atoms with Crippen LogP contribution < -0.4 is 4.74 Å². The number of hydrogen-bond acceptors (Lipinski definition) is 3. The van der Waals surface area contributed by atoms with Gasteiger partial charge >= 0.3 is 0 Å². The summed E-state index contributed by atoms with van der Waals surface area (Å²) in [5, 5.41) is 0. The van der Waals surface area contributed by atoms with Crippen LogP contribution in [0.2, 0.25) is 0 Å². The van der Waals surface area contributed by atoms with Gasteiger partial charge in [0.15, 0.2) is 0 Å². The van der Waals surface area contributed by atoms with Gasteiger partial charge in [-0.2, -0.15) is 0 Å². The molecule has 0 bridgehead atoms. The van der Waals surface area contributed by atoms with E-state index in [2.05, 4.69) is 42.2 Å². The molecule has 1 heterocycles. The normalized spacial score (nSPS) is 32.1. The number of ketones is 1. The first-order valence-electron chi connectivity index (χ1n) is 13.1. The Morgan fingerprint density at radius 1 is 1.06 bits per heavy atom. The van der Waals surface area contributed by atoms with E-state index in [0.717, 1.165) is 68.5 Å². The second kappa shape index (κ2) is 8.55. The summed E-state index contributed by atoms with van der Waals surface area (Å²) in [6, 6.07) is 16.5. The Labute approximate surface area is 202 Å². The van der Waals surface area contributed by atoms with Gasteiger partial charge < -0.3 is 9.64 Å². The molecule has 3 aliphatic carbocycles. The third kappa shape index (κ3) is 3.66. The van der Waals surface area contributed by atoms with Gasteiger partial charge in [0.05, 0.1) is 0 Å². The van der Waals surface area contributed by atoms with Crippen molar-refractivity contribution in [3.05, 3.63) is 65.2 Å². The first-order valence-corrected chi connectivity index (χ1v) is 13.1. The molecular formula is C30H35NO3. The number of rotatable bonds is 4. The zero-order valence-corrected chi connectivity index (χ0v) is 20.2. The van der Waals surface area contributed by atoms with Gasteiger partial charge in [-0.1, -0.05) is 43.3 Å². The quantitative estimate of drug-likeness (QED) is 0.606. The van der Waals surface area contributed by atoms with Crippen LogP contribution in [0.25, 0.3) is 0 Å². The van der Waals surface area contributed by atoms with Crippen LogP contribution in [0.4, 0.5) is 0 Å². The molecule has 4 heteroatoms. The van der Waals surface area contributed by atoms with E-state index in [4.69, 9.17) is 4.74 Å². The maximum atomic E-state index is 13.7. The third-order valence-electron chi connectivity index (χ3n) is 9.35. The lowest BCUT2D eigenvalue weighted by atomic mass is 9.54. The van der Waals surface area contributed by atoms with Crippen LogP contribution in [-0.2, 0) is 22.6 Å². The van der Waals surface area contributed by atoms with Crippen LogP contribution in [0.5, 0.6) is 5.75 Å². The number of carbonyl (C=O) groups excluding carboxylic acids is 2. The molecule has 1 amide bonds. The largest absolute Gasteiger partial charge is 0.489 e. The fourth-order valence-corrected chi connectivity index (χ4v) is 7.66. The molecule has 178 valence electrons. The number of fused-ring (bicyclic) bond motifs is 5. The lowest BCUT2D eigenvalue weighted by Crippen LogP contribution is -2.49. The fraction of sp³-hybridized carbons (Fsp3) is 0.533. The van der Waals surface area contributed by atoms with Crippen LogP contribution in [0.1, 0.15) is 68.1 Å². The summed E-state index contributed by atoms with van der Waals surface area (Å²) < 4.78 is 6.06. The van der Waals surface area contributed by atoms with Crippen molar-refractivity contribution in [3.8, 4) is 5.75 Å². The summed E-state index contributed by atoms with van der Waals surface area (Å²) in [7, 11) is 0. The molecule has 5 atom stereocenters. The molecule has 4 aliphatic rings. The molecule has 6 rings (SSSR count). The fourth-order valence-electron chi connectivity index (χ4n) is 7.66. The maximum Gasteiger partial charge on any atom is 0.226 e. The molecule has 2 saturated carbocycles. The molecule has 4 nitrogen and oxygen atoms in total. The summed E-state index contributed by atoms with van der Waals surface area (Å²) in [4.78, 5) is 29.3. The third-order valence-corrected chi connectivity index (χ3v) is 9.35. The van der Waals surface area contributed by atoms with Crippen molar-refractivity contribution >= 4 is 11.7 Å². The van der Waals surface area contributed by atoms with Gasteiger partial charge in [-0.25, -0.2) is 0 Å². The predicted molar refractivity (Wildman–Crippen MR) is 132 cm³/mol. The number of nitrogens with zero attached hydrogens (tertiary/aromatic N) is 1. The van der Waals surface area contributed by atoms with Gasteiger partial charge in [0, 0.05) is 31.3 Å². The van der Waals surface area contributed by atoms with Crippen molar-refractivity contribution in [1.29, 1.82) is 0 Å². The number of amides is 1. The molecule has 0 aromatic heterocycles. The van der Waals surface area contributed by atoms with E-state index < -0.39 is 0 Å². The molecule has 1 saturated heterocycles. The number of likely N-dealkylation sites (tertiary alicyclic amines) is 1. The Balaban J connectivity index is 1.26. The highest BCUT2D eigenvalue weighted by Gasteiger charge is 2.58. The average molecular weight is 458 g/mol. The standard InChI is InChI=1S/C30H35NO3/c1-30-13-11-24-23-10-9-22(34-19-20-7-3-2-4-8-20)17-21(23)18-26(32)27(24)28(30)25(12-14-30)29(33)31-15-5-6-16-31/h2-4,7-10,17,24-25,27-28H,5-6,11-16,18-19H2,1H3/t24-,25+,27+,28+,30-/m1/s1. The van der Waals surface area contributed by atoms with E-state index in [-0.39, 0.29) is 29.1 Å². The topological polar surface area (TPSA) is 46.6 Å². The van der Waals surface area contributed by atoms with Crippen molar-refractivity contribution in [1.82, 2.24) is 4.90 Å². The SMILES string of the molecule is C[C@@]12CC[C@H](C(=O)N3CCCC3)[C@H]1[C@@H]1C(=O)Cc3cc(OCc4ccccc4)ccc3[C@H]1CC2. The average Bonchev–Trinajstić information content (AvgIpc) is 3.51. The van der Waals surface area contributed by atoms with Crippen molar-refractivity contribution in [2.45, 2.75) is 64.4 Å². The number of carbonyl (C=O) groups is 2. The molecule has 34 heavy (non-hydrogen) atoms. The van der Waals surface area contributed by atoms with Gasteiger partial charge in [0.1, 0.15) is 18.1 Å². The summed E-state index contributed by atoms with van der Waals surface area (Å²) in [6.45, 7) is 4.68. The van der Waals surface area contributed by atoms with E-state index in [1.165, 1.54) is 5.56 Å². The van der Waals surface area contributed by atoms with Crippen molar-refractivity contribution in [3.63, 3.8) is 0 Å². The van der Waals surface area contributed by atoms with E-state index in [1.54, 1.807) is 0 Å². The van der Waals surface area contributed by atoms with Gasteiger partial charge in [0.2, 0.25) is 5.91 Å². The number of ether oxygens (including phenoxy) is 1. The molecule has 2 aromatic carbocycles. The molecular weight excluding hydrogens is 422 g/mol. The predicted octanol–water partition coefficient (Wildman–Crippen LogP) is 5.54. The van der Waals surface area contributed by atoms with Gasteiger partial charge in [-0.3, -0.25) is 9.59 Å². The number of benzene rings is 2.